The molecule has 6 heteroatoms. The molecule has 4 N–H and O–H groups in total. The fourth-order valence-corrected chi connectivity index (χ4v) is 2.59. The van der Waals surface area contributed by atoms with Crippen molar-refractivity contribution in [3.05, 3.63) is 17.0 Å². The Morgan fingerprint density at radius 1 is 1.58 bits per heavy atom. The first kappa shape index (κ1) is 13.9. The predicted octanol–water partition coefficient (Wildman–Crippen LogP) is 1.86. The van der Waals surface area contributed by atoms with Crippen LogP contribution >= 0.6 is 0 Å². The number of hydrogen-bond donors (Lipinski definition) is 3. The molecule has 1 unspecified atom stereocenters. The van der Waals surface area contributed by atoms with Crippen molar-refractivity contribution in [1.82, 2.24) is 10.5 Å². The molecule has 0 saturated heterocycles. The Hall–Kier alpha value is -1.56. The fourth-order valence-electron chi connectivity index (χ4n) is 2.59. The van der Waals surface area contributed by atoms with E-state index in [1.54, 1.807) is 0 Å². The quantitative estimate of drug-likeness (QED) is 0.316. The molecule has 2 rings (SSSR count). The van der Waals surface area contributed by atoms with E-state index in [4.69, 9.17) is 15.5 Å². The zero-order valence-electron chi connectivity index (χ0n) is 11.7. The molecule has 0 aromatic carbocycles. The topological polar surface area (TPSA) is 96.7 Å². The number of nitrogens with zero attached hydrogens (tertiary/aromatic N) is 2. The molecule has 0 spiro atoms. The zero-order chi connectivity index (χ0) is 14.0. The van der Waals surface area contributed by atoms with E-state index in [1.165, 1.54) is 0 Å². The van der Waals surface area contributed by atoms with Gasteiger partial charge in [0.25, 0.3) is 0 Å². The van der Waals surface area contributed by atoms with Crippen molar-refractivity contribution in [3.63, 3.8) is 0 Å². The van der Waals surface area contributed by atoms with E-state index in [9.17, 15) is 0 Å². The van der Waals surface area contributed by atoms with E-state index in [1.807, 2.05) is 13.8 Å². The van der Waals surface area contributed by atoms with Gasteiger partial charge in [-0.25, -0.2) is 0 Å². The van der Waals surface area contributed by atoms with Gasteiger partial charge in [-0.3, -0.25) is 0 Å². The largest absolute Gasteiger partial charge is 0.409 e. The molecular weight excluding hydrogens is 244 g/mol. The number of nitrogens with one attached hydrogen (secondary N) is 1. The molecule has 19 heavy (non-hydrogen) atoms. The maximum absolute atomic E-state index is 8.65. The summed E-state index contributed by atoms with van der Waals surface area (Å²) in [6, 6.07) is 0.191. The van der Waals surface area contributed by atoms with Crippen molar-refractivity contribution in [2.45, 2.75) is 46.1 Å². The molecule has 1 saturated carbocycles. The number of aromatic nitrogens is 1. The summed E-state index contributed by atoms with van der Waals surface area (Å²) in [4.78, 5) is 0. The second kappa shape index (κ2) is 5.21. The maximum atomic E-state index is 8.65. The molecule has 1 fully saturated rings. The summed E-state index contributed by atoms with van der Waals surface area (Å²) in [7, 11) is 0. The number of aryl methyl sites for hydroxylation is 2. The first-order chi connectivity index (χ1) is 8.97. The number of nitrogens with two attached hydrogens (primary N) is 1. The lowest BCUT2D eigenvalue weighted by molar-refractivity contribution is 0.313. The summed E-state index contributed by atoms with van der Waals surface area (Å²) in [5, 5.41) is 19.2. The van der Waals surface area contributed by atoms with Crippen LogP contribution in [0.1, 0.15) is 49.2 Å². The van der Waals surface area contributed by atoms with Crippen LogP contribution in [0.3, 0.4) is 0 Å². The summed E-state index contributed by atoms with van der Waals surface area (Å²) in [6.45, 7) is 6.84. The first-order valence-corrected chi connectivity index (χ1v) is 6.60. The van der Waals surface area contributed by atoms with Gasteiger partial charge >= 0.3 is 0 Å². The minimum atomic E-state index is 0.156. The fraction of sp³-hybridized carbons (Fsp3) is 0.692. The van der Waals surface area contributed by atoms with Crippen molar-refractivity contribution >= 4 is 5.84 Å². The third-order valence-electron chi connectivity index (χ3n) is 3.95. The van der Waals surface area contributed by atoms with Crippen LogP contribution in [-0.4, -0.2) is 22.7 Å². The molecule has 1 heterocycles. The molecule has 1 aliphatic carbocycles. The Morgan fingerprint density at radius 3 is 2.74 bits per heavy atom. The van der Waals surface area contributed by atoms with E-state index in [0.29, 0.717) is 12.3 Å². The van der Waals surface area contributed by atoms with Gasteiger partial charge in [-0.05, 0) is 39.0 Å². The molecule has 1 aromatic rings. The van der Waals surface area contributed by atoms with Gasteiger partial charge in [0, 0.05) is 24.6 Å². The second-order valence-electron chi connectivity index (χ2n) is 5.61. The second-order valence-corrected chi connectivity index (χ2v) is 5.61. The highest BCUT2D eigenvalue weighted by atomic mass is 16.5. The summed E-state index contributed by atoms with van der Waals surface area (Å²) < 4.78 is 5.18. The van der Waals surface area contributed by atoms with Gasteiger partial charge in [0.1, 0.15) is 11.6 Å². The molecule has 0 amide bonds. The Labute approximate surface area is 113 Å². The van der Waals surface area contributed by atoms with E-state index < -0.39 is 0 Å². The summed E-state index contributed by atoms with van der Waals surface area (Å²) in [5.41, 5.74) is 7.81. The van der Waals surface area contributed by atoms with Crippen LogP contribution in [-0.2, 0) is 0 Å². The summed E-state index contributed by atoms with van der Waals surface area (Å²) in [6.07, 6.45) is 2.87. The number of oxime groups is 1. The molecular formula is C13H22N4O2. The maximum Gasteiger partial charge on any atom is 0.139 e. The van der Waals surface area contributed by atoms with Gasteiger partial charge in [-0.1, -0.05) is 10.3 Å². The molecule has 6 nitrogen and oxygen atoms in total. The lowest BCUT2D eigenvalue weighted by Crippen LogP contribution is -2.30. The highest BCUT2D eigenvalue weighted by Gasteiger charge is 2.43. The van der Waals surface area contributed by atoms with Gasteiger partial charge in [0.05, 0.1) is 5.69 Å². The molecule has 0 bridgehead atoms. The SMILES string of the molecule is Cc1noc(C)c1C(C)NCC1(CC(N)=NO)CC1. The van der Waals surface area contributed by atoms with E-state index in [2.05, 4.69) is 22.6 Å². The van der Waals surface area contributed by atoms with Gasteiger partial charge in [-0.15, -0.1) is 0 Å². The van der Waals surface area contributed by atoms with Crippen molar-refractivity contribution in [2.75, 3.05) is 6.54 Å². The molecule has 1 aromatic heterocycles. The first-order valence-electron chi connectivity index (χ1n) is 6.60. The van der Waals surface area contributed by atoms with Crippen molar-refractivity contribution in [3.8, 4) is 0 Å². The van der Waals surface area contributed by atoms with Gasteiger partial charge in [0.2, 0.25) is 0 Å². The molecule has 0 aliphatic heterocycles. The normalized spacial score (nSPS) is 19.4. The lowest BCUT2D eigenvalue weighted by atomic mass is 10.00. The van der Waals surface area contributed by atoms with Crippen LogP contribution in [0.25, 0.3) is 0 Å². The Morgan fingerprint density at radius 2 is 2.26 bits per heavy atom. The smallest absolute Gasteiger partial charge is 0.139 e. The van der Waals surface area contributed by atoms with E-state index >= 15 is 0 Å². The van der Waals surface area contributed by atoms with Crippen LogP contribution in [0.2, 0.25) is 0 Å². The third-order valence-corrected chi connectivity index (χ3v) is 3.95. The molecule has 1 aliphatic rings. The minimum Gasteiger partial charge on any atom is -0.409 e. The summed E-state index contributed by atoms with van der Waals surface area (Å²) in [5.74, 6) is 1.17. The zero-order valence-corrected chi connectivity index (χ0v) is 11.7. The highest BCUT2D eigenvalue weighted by Crippen LogP contribution is 2.48. The van der Waals surface area contributed by atoms with Crippen LogP contribution in [0.15, 0.2) is 9.68 Å². The third kappa shape index (κ3) is 3.07. The predicted molar refractivity (Wildman–Crippen MR) is 72.1 cm³/mol. The van der Waals surface area contributed by atoms with Crippen LogP contribution in [0.5, 0.6) is 0 Å². The average molecular weight is 266 g/mol. The Bertz CT molecular complexity index is 457. The van der Waals surface area contributed by atoms with Crippen LogP contribution in [0.4, 0.5) is 0 Å². The van der Waals surface area contributed by atoms with Gasteiger partial charge in [0.15, 0.2) is 0 Å². The van der Waals surface area contributed by atoms with Crippen LogP contribution < -0.4 is 11.1 Å². The van der Waals surface area contributed by atoms with Crippen molar-refractivity contribution in [1.29, 1.82) is 0 Å². The van der Waals surface area contributed by atoms with E-state index in [-0.39, 0.29) is 11.5 Å². The number of rotatable bonds is 6. The molecule has 106 valence electrons. The minimum absolute atomic E-state index is 0.156. The lowest BCUT2D eigenvalue weighted by Gasteiger charge is -2.19. The number of amidine groups is 1. The van der Waals surface area contributed by atoms with Gasteiger partial charge in [-0.2, -0.15) is 0 Å². The summed E-state index contributed by atoms with van der Waals surface area (Å²) >= 11 is 0. The van der Waals surface area contributed by atoms with Crippen molar-refractivity contribution < 1.29 is 9.73 Å². The van der Waals surface area contributed by atoms with E-state index in [0.717, 1.165) is 36.4 Å². The van der Waals surface area contributed by atoms with Crippen molar-refractivity contribution in [2.24, 2.45) is 16.3 Å². The standard InChI is InChI=1S/C13H22N4O2/c1-8(12-9(2)17-19-10(12)3)15-7-13(4-5-13)6-11(14)16-18/h8,15,18H,4-7H2,1-3H3,(H2,14,16). The Balaban J connectivity index is 1.92. The Kier molecular flexibility index (Phi) is 3.80. The number of hydrogen-bond acceptors (Lipinski definition) is 5. The molecule has 0 radical (unpaired) electrons. The monoisotopic (exact) mass is 266 g/mol. The highest BCUT2D eigenvalue weighted by molar-refractivity contribution is 5.80. The average Bonchev–Trinajstić information content (AvgIpc) is 3.06. The molecule has 1 atom stereocenters. The van der Waals surface area contributed by atoms with Gasteiger partial charge < -0.3 is 20.8 Å². The van der Waals surface area contributed by atoms with Crippen LogP contribution in [0, 0.1) is 19.3 Å².